The zero-order valence-electron chi connectivity index (χ0n) is 11.5. The maximum Gasteiger partial charge on any atom is 0.259 e. The number of hydrogen-bond acceptors (Lipinski definition) is 1. The Balaban J connectivity index is 2.22. The monoisotopic (exact) mass is 345 g/mol. The second-order valence-corrected chi connectivity index (χ2v) is 6.22. The Morgan fingerprint density at radius 3 is 2.15 bits per heavy atom. The van der Waals surface area contributed by atoms with Gasteiger partial charge in [-0.25, -0.2) is 8.78 Å². The van der Waals surface area contributed by atoms with Crippen LogP contribution in [0.5, 0.6) is 0 Å². The molecule has 110 valence electrons. The molecule has 1 aromatic carbocycles. The molecular weight excluding hydrogens is 328 g/mol. The first-order chi connectivity index (χ1) is 9.50. The second kappa shape index (κ2) is 6.66. The van der Waals surface area contributed by atoms with Crippen LogP contribution in [0.2, 0.25) is 0 Å². The molecular formula is C15H18BrF2NO. The number of carbonyl (C=O) groups is 1. The number of carbonyl (C=O) groups excluding carboxylic acids is 1. The molecule has 1 aromatic rings. The predicted octanol–water partition coefficient (Wildman–Crippen LogP) is 4.52. The first kappa shape index (κ1) is 15.4. The lowest BCUT2D eigenvalue weighted by Crippen LogP contribution is -2.37. The van der Waals surface area contributed by atoms with E-state index in [1.807, 2.05) is 0 Å². The van der Waals surface area contributed by atoms with Crippen LogP contribution in [0, 0.1) is 11.6 Å². The molecule has 0 aliphatic heterocycles. The van der Waals surface area contributed by atoms with Gasteiger partial charge in [0.2, 0.25) is 0 Å². The maximum atomic E-state index is 13.9. The molecule has 0 unspecified atom stereocenters. The van der Waals surface area contributed by atoms with Crippen LogP contribution in [-0.4, -0.2) is 23.9 Å². The number of amides is 1. The van der Waals surface area contributed by atoms with Crippen molar-refractivity contribution in [1.29, 1.82) is 0 Å². The van der Waals surface area contributed by atoms with E-state index in [4.69, 9.17) is 0 Å². The van der Waals surface area contributed by atoms with Crippen LogP contribution in [0.4, 0.5) is 8.78 Å². The zero-order valence-corrected chi connectivity index (χ0v) is 13.1. The number of halogens is 3. The third kappa shape index (κ3) is 3.37. The van der Waals surface area contributed by atoms with Crippen molar-refractivity contribution in [2.24, 2.45) is 0 Å². The largest absolute Gasteiger partial charge is 0.339 e. The fraction of sp³-hybridized carbons (Fsp3) is 0.533. The van der Waals surface area contributed by atoms with E-state index in [-0.39, 0.29) is 6.04 Å². The molecule has 0 saturated heterocycles. The highest BCUT2D eigenvalue weighted by atomic mass is 79.9. The van der Waals surface area contributed by atoms with Gasteiger partial charge in [-0.2, -0.15) is 0 Å². The molecule has 0 bridgehead atoms. The highest BCUT2D eigenvalue weighted by molar-refractivity contribution is 9.10. The fourth-order valence-corrected chi connectivity index (χ4v) is 3.14. The summed E-state index contributed by atoms with van der Waals surface area (Å²) in [5.41, 5.74) is -0.458. The van der Waals surface area contributed by atoms with Crippen LogP contribution in [-0.2, 0) is 0 Å². The zero-order chi connectivity index (χ0) is 14.7. The minimum atomic E-state index is -0.817. The molecule has 0 radical (unpaired) electrons. The van der Waals surface area contributed by atoms with E-state index in [0.29, 0.717) is 4.47 Å². The van der Waals surface area contributed by atoms with Crippen molar-refractivity contribution in [3.63, 3.8) is 0 Å². The van der Waals surface area contributed by atoms with Crippen molar-refractivity contribution in [1.82, 2.24) is 4.90 Å². The summed E-state index contributed by atoms with van der Waals surface area (Å²) in [6, 6.07) is 2.32. The van der Waals surface area contributed by atoms with Crippen molar-refractivity contribution in [2.45, 2.75) is 44.6 Å². The first-order valence-corrected chi connectivity index (χ1v) is 7.71. The average molecular weight is 346 g/mol. The minimum Gasteiger partial charge on any atom is -0.339 e. The summed E-state index contributed by atoms with van der Waals surface area (Å²) in [6.07, 6.45) is 6.27. The summed E-state index contributed by atoms with van der Waals surface area (Å²) in [4.78, 5) is 13.8. The SMILES string of the molecule is CN(C(=O)c1c(F)cc(Br)cc1F)C1CCCCCC1. The normalized spacial score (nSPS) is 16.8. The Morgan fingerprint density at radius 1 is 1.15 bits per heavy atom. The molecule has 2 nitrogen and oxygen atoms in total. The standard InChI is InChI=1S/C15H18BrF2NO/c1-19(11-6-4-2-3-5-7-11)15(20)14-12(17)8-10(16)9-13(14)18/h8-9,11H,2-7H2,1H3. The molecule has 1 amide bonds. The molecule has 0 atom stereocenters. The molecule has 1 aliphatic rings. The summed E-state index contributed by atoms with van der Waals surface area (Å²) < 4.78 is 28.0. The smallest absolute Gasteiger partial charge is 0.259 e. The van der Waals surface area contributed by atoms with Gasteiger partial charge in [0.25, 0.3) is 5.91 Å². The summed E-state index contributed by atoms with van der Waals surface area (Å²) >= 11 is 3.02. The molecule has 0 N–H and O–H groups in total. The summed E-state index contributed by atoms with van der Waals surface area (Å²) in [5, 5.41) is 0. The summed E-state index contributed by atoms with van der Waals surface area (Å²) in [7, 11) is 1.64. The van der Waals surface area contributed by atoms with E-state index in [0.717, 1.165) is 37.8 Å². The molecule has 0 spiro atoms. The topological polar surface area (TPSA) is 20.3 Å². The van der Waals surface area contributed by atoms with E-state index in [9.17, 15) is 13.6 Å². The van der Waals surface area contributed by atoms with Crippen LogP contribution in [0.15, 0.2) is 16.6 Å². The van der Waals surface area contributed by atoms with Gasteiger partial charge < -0.3 is 4.90 Å². The molecule has 1 fully saturated rings. The summed E-state index contributed by atoms with van der Waals surface area (Å²) in [6.45, 7) is 0. The van der Waals surface area contributed by atoms with Gasteiger partial charge in [0, 0.05) is 17.6 Å². The van der Waals surface area contributed by atoms with Crippen LogP contribution >= 0.6 is 15.9 Å². The van der Waals surface area contributed by atoms with E-state index < -0.39 is 23.1 Å². The van der Waals surface area contributed by atoms with Crippen LogP contribution in [0.25, 0.3) is 0 Å². The quantitative estimate of drug-likeness (QED) is 0.721. The molecule has 2 rings (SSSR count). The highest BCUT2D eigenvalue weighted by Crippen LogP contribution is 2.25. The van der Waals surface area contributed by atoms with Gasteiger partial charge in [-0.05, 0) is 25.0 Å². The van der Waals surface area contributed by atoms with E-state index in [1.165, 1.54) is 17.7 Å². The molecule has 0 aromatic heterocycles. The van der Waals surface area contributed by atoms with Crippen molar-refractivity contribution in [3.8, 4) is 0 Å². The Labute approximate surface area is 126 Å². The van der Waals surface area contributed by atoms with Crippen molar-refractivity contribution in [3.05, 3.63) is 33.8 Å². The van der Waals surface area contributed by atoms with E-state index in [1.54, 1.807) is 7.05 Å². The minimum absolute atomic E-state index is 0.0763. The number of nitrogens with zero attached hydrogens (tertiary/aromatic N) is 1. The van der Waals surface area contributed by atoms with Gasteiger partial charge in [0.05, 0.1) is 0 Å². The Morgan fingerprint density at radius 2 is 1.65 bits per heavy atom. The average Bonchev–Trinajstić information content (AvgIpc) is 2.65. The summed E-state index contributed by atoms with van der Waals surface area (Å²) in [5.74, 6) is -2.20. The Kier molecular flexibility index (Phi) is 5.13. The number of rotatable bonds is 2. The van der Waals surface area contributed by atoms with Gasteiger partial charge in [-0.15, -0.1) is 0 Å². The fourth-order valence-electron chi connectivity index (χ4n) is 2.73. The second-order valence-electron chi connectivity index (χ2n) is 5.31. The molecule has 5 heteroatoms. The van der Waals surface area contributed by atoms with E-state index in [2.05, 4.69) is 15.9 Å². The van der Waals surface area contributed by atoms with Crippen LogP contribution < -0.4 is 0 Å². The Hall–Kier alpha value is -0.970. The van der Waals surface area contributed by atoms with Crippen molar-refractivity contribution >= 4 is 21.8 Å². The van der Waals surface area contributed by atoms with E-state index >= 15 is 0 Å². The number of benzene rings is 1. The molecule has 1 aliphatic carbocycles. The number of hydrogen-bond donors (Lipinski definition) is 0. The molecule has 0 heterocycles. The van der Waals surface area contributed by atoms with Gasteiger partial charge in [-0.1, -0.05) is 41.6 Å². The van der Waals surface area contributed by atoms with Crippen molar-refractivity contribution in [2.75, 3.05) is 7.05 Å². The predicted molar refractivity (Wildman–Crippen MR) is 77.6 cm³/mol. The highest BCUT2D eigenvalue weighted by Gasteiger charge is 2.26. The molecule has 20 heavy (non-hydrogen) atoms. The van der Waals surface area contributed by atoms with Gasteiger partial charge in [0.15, 0.2) is 0 Å². The van der Waals surface area contributed by atoms with Gasteiger partial charge >= 0.3 is 0 Å². The van der Waals surface area contributed by atoms with Crippen molar-refractivity contribution < 1.29 is 13.6 Å². The molecule has 1 saturated carbocycles. The lowest BCUT2D eigenvalue weighted by atomic mass is 10.1. The van der Waals surface area contributed by atoms with Gasteiger partial charge in [-0.3, -0.25) is 4.79 Å². The maximum absolute atomic E-state index is 13.9. The van der Waals surface area contributed by atoms with Crippen LogP contribution in [0.1, 0.15) is 48.9 Å². The Bertz CT molecular complexity index is 476. The third-order valence-corrected chi connectivity index (χ3v) is 4.37. The van der Waals surface area contributed by atoms with Crippen LogP contribution in [0.3, 0.4) is 0 Å². The first-order valence-electron chi connectivity index (χ1n) is 6.92. The lowest BCUT2D eigenvalue weighted by Gasteiger charge is -2.27. The lowest BCUT2D eigenvalue weighted by molar-refractivity contribution is 0.0708. The third-order valence-electron chi connectivity index (χ3n) is 3.91. The van der Waals surface area contributed by atoms with Gasteiger partial charge in [0.1, 0.15) is 17.2 Å².